The molecule has 2 amide bonds. The third-order valence-corrected chi connectivity index (χ3v) is 5.00. The summed E-state index contributed by atoms with van der Waals surface area (Å²) in [5.74, 6) is -1.28. The highest BCUT2D eigenvalue weighted by molar-refractivity contribution is 5.97. The van der Waals surface area contributed by atoms with Crippen molar-refractivity contribution in [3.63, 3.8) is 0 Å². The highest BCUT2D eigenvalue weighted by Crippen LogP contribution is 2.25. The molecule has 0 aromatic heterocycles. The highest BCUT2D eigenvalue weighted by atomic mass is 16.4. The van der Waals surface area contributed by atoms with Crippen molar-refractivity contribution >= 4 is 23.5 Å². The number of carboxylic acids is 1. The molecular weight excluding hydrogens is 356 g/mol. The monoisotopic (exact) mass is 380 g/mol. The average Bonchev–Trinajstić information content (AvgIpc) is 2.73. The predicted octanol–water partition coefficient (Wildman–Crippen LogP) is 3.83. The summed E-state index contributed by atoms with van der Waals surface area (Å²) < 4.78 is 0. The Morgan fingerprint density at radius 1 is 0.929 bits per heavy atom. The second-order valence-corrected chi connectivity index (χ2v) is 7.09. The zero-order valence-electron chi connectivity index (χ0n) is 15.6. The summed E-state index contributed by atoms with van der Waals surface area (Å²) in [5, 5.41) is 14.8. The van der Waals surface area contributed by atoms with Crippen LogP contribution in [0.5, 0.6) is 0 Å². The molecule has 1 saturated carbocycles. The summed E-state index contributed by atoms with van der Waals surface area (Å²) in [6.45, 7) is 0.281. The molecule has 1 aliphatic rings. The molecule has 1 fully saturated rings. The molecule has 3 N–H and O–H groups in total. The molecular formula is C22H24N2O4. The summed E-state index contributed by atoms with van der Waals surface area (Å²) in [4.78, 5) is 35.7. The van der Waals surface area contributed by atoms with Gasteiger partial charge in [-0.3, -0.25) is 9.59 Å². The van der Waals surface area contributed by atoms with Gasteiger partial charge in [-0.25, -0.2) is 4.79 Å². The lowest BCUT2D eigenvalue weighted by Crippen LogP contribution is -2.25. The number of hydrogen-bond acceptors (Lipinski definition) is 3. The lowest BCUT2D eigenvalue weighted by atomic mass is 9.88. The first kappa shape index (κ1) is 19.6. The molecule has 0 atom stereocenters. The Labute approximate surface area is 164 Å². The Balaban J connectivity index is 1.58. The molecule has 2 aromatic carbocycles. The Morgan fingerprint density at radius 2 is 1.64 bits per heavy atom. The second kappa shape index (κ2) is 9.17. The number of amides is 2. The van der Waals surface area contributed by atoms with Crippen LogP contribution in [0.1, 0.15) is 58.4 Å². The van der Waals surface area contributed by atoms with Gasteiger partial charge in [-0.15, -0.1) is 0 Å². The van der Waals surface area contributed by atoms with Gasteiger partial charge in [0.25, 0.3) is 5.91 Å². The standard InChI is InChI=1S/C22H24N2O4/c25-20(17-9-5-10-18(13-17)22(27)28)23-14-15-6-4-11-19(12-15)24-21(26)16-7-2-1-3-8-16/h4-6,9-13,16H,1-3,7-8,14H2,(H,23,25)(H,24,26)(H,27,28). The van der Waals surface area contributed by atoms with Crippen molar-refractivity contribution in [2.45, 2.75) is 38.6 Å². The van der Waals surface area contributed by atoms with E-state index >= 15 is 0 Å². The van der Waals surface area contributed by atoms with Crippen molar-refractivity contribution < 1.29 is 19.5 Å². The van der Waals surface area contributed by atoms with E-state index in [2.05, 4.69) is 10.6 Å². The fourth-order valence-corrected chi connectivity index (χ4v) is 3.45. The van der Waals surface area contributed by atoms with Gasteiger partial charge >= 0.3 is 5.97 Å². The summed E-state index contributed by atoms with van der Waals surface area (Å²) in [6.07, 6.45) is 5.29. The van der Waals surface area contributed by atoms with Crippen LogP contribution in [-0.4, -0.2) is 22.9 Å². The molecule has 0 bridgehead atoms. The van der Waals surface area contributed by atoms with Crippen LogP contribution in [-0.2, 0) is 11.3 Å². The maximum absolute atomic E-state index is 12.4. The fraction of sp³-hybridized carbons (Fsp3) is 0.318. The number of nitrogens with one attached hydrogen (secondary N) is 2. The molecule has 0 unspecified atom stereocenters. The number of carbonyl (C=O) groups is 3. The van der Waals surface area contributed by atoms with E-state index in [4.69, 9.17) is 5.11 Å². The Hall–Kier alpha value is -3.15. The van der Waals surface area contributed by atoms with E-state index in [1.807, 2.05) is 24.3 Å². The first-order chi connectivity index (χ1) is 13.5. The van der Waals surface area contributed by atoms with E-state index in [0.717, 1.165) is 36.9 Å². The molecule has 0 aliphatic heterocycles. The zero-order valence-corrected chi connectivity index (χ0v) is 15.6. The second-order valence-electron chi connectivity index (χ2n) is 7.09. The molecule has 0 saturated heterocycles. The largest absolute Gasteiger partial charge is 0.478 e. The topological polar surface area (TPSA) is 95.5 Å². The molecule has 146 valence electrons. The predicted molar refractivity (Wildman–Crippen MR) is 106 cm³/mol. The Morgan fingerprint density at radius 3 is 2.39 bits per heavy atom. The average molecular weight is 380 g/mol. The number of hydrogen-bond donors (Lipinski definition) is 3. The minimum atomic E-state index is -1.07. The van der Waals surface area contributed by atoms with Crippen LogP contribution in [0.25, 0.3) is 0 Å². The quantitative estimate of drug-likeness (QED) is 0.710. The van der Waals surface area contributed by atoms with Gasteiger partial charge in [0.05, 0.1) is 5.56 Å². The van der Waals surface area contributed by atoms with Gasteiger partial charge in [0.15, 0.2) is 0 Å². The van der Waals surface area contributed by atoms with Gasteiger partial charge in [0, 0.05) is 23.7 Å². The molecule has 3 rings (SSSR count). The molecule has 2 aromatic rings. The lowest BCUT2D eigenvalue weighted by molar-refractivity contribution is -0.120. The summed E-state index contributed by atoms with van der Waals surface area (Å²) in [6, 6.07) is 13.3. The van der Waals surface area contributed by atoms with Crippen molar-refractivity contribution in [1.82, 2.24) is 5.32 Å². The summed E-state index contributed by atoms with van der Waals surface area (Å²) in [5.41, 5.74) is 1.93. The smallest absolute Gasteiger partial charge is 0.335 e. The van der Waals surface area contributed by atoms with Crippen LogP contribution in [0.15, 0.2) is 48.5 Å². The maximum Gasteiger partial charge on any atom is 0.335 e. The molecule has 1 aliphatic carbocycles. The SMILES string of the molecule is O=C(O)c1cccc(C(=O)NCc2cccc(NC(=O)C3CCCCC3)c2)c1. The van der Waals surface area contributed by atoms with Gasteiger partial charge in [-0.1, -0.05) is 37.5 Å². The molecule has 0 heterocycles. The van der Waals surface area contributed by atoms with Gasteiger partial charge in [0.2, 0.25) is 5.91 Å². The van der Waals surface area contributed by atoms with Crippen LogP contribution in [0, 0.1) is 5.92 Å². The molecule has 6 heteroatoms. The van der Waals surface area contributed by atoms with Gasteiger partial charge in [-0.2, -0.15) is 0 Å². The van der Waals surface area contributed by atoms with E-state index in [1.165, 1.54) is 18.6 Å². The molecule has 0 spiro atoms. The van der Waals surface area contributed by atoms with Crippen LogP contribution in [0.3, 0.4) is 0 Å². The van der Waals surface area contributed by atoms with Crippen LogP contribution in [0.2, 0.25) is 0 Å². The molecule has 28 heavy (non-hydrogen) atoms. The number of anilines is 1. The third-order valence-electron chi connectivity index (χ3n) is 5.00. The lowest BCUT2D eigenvalue weighted by Gasteiger charge is -2.20. The number of benzene rings is 2. The number of carbonyl (C=O) groups excluding carboxylic acids is 2. The van der Waals surface area contributed by atoms with Crippen LogP contribution >= 0.6 is 0 Å². The first-order valence-electron chi connectivity index (χ1n) is 9.54. The van der Waals surface area contributed by atoms with E-state index in [9.17, 15) is 14.4 Å². The van der Waals surface area contributed by atoms with Gasteiger partial charge < -0.3 is 15.7 Å². The summed E-state index contributed by atoms with van der Waals surface area (Å²) >= 11 is 0. The first-order valence-corrected chi connectivity index (χ1v) is 9.54. The molecule has 0 radical (unpaired) electrons. The van der Waals surface area contributed by atoms with Crippen molar-refractivity contribution in [2.24, 2.45) is 5.92 Å². The minimum absolute atomic E-state index is 0.0615. The fourth-order valence-electron chi connectivity index (χ4n) is 3.45. The highest BCUT2D eigenvalue weighted by Gasteiger charge is 2.21. The number of carboxylic acid groups (broad SMARTS) is 1. The van der Waals surface area contributed by atoms with E-state index in [0.29, 0.717) is 5.56 Å². The van der Waals surface area contributed by atoms with Crippen molar-refractivity contribution in [1.29, 1.82) is 0 Å². The minimum Gasteiger partial charge on any atom is -0.478 e. The van der Waals surface area contributed by atoms with E-state index in [-0.39, 0.29) is 29.8 Å². The van der Waals surface area contributed by atoms with Crippen molar-refractivity contribution in [3.8, 4) is 0 Å². The van der Waals surface area contributed by atoms with E-state index in [1.54, 1.807) is 12.1 Å². The third kappa shape index (κ3) is 5.19. The number of aromatic carboxylic acids is 1. The van der Waals surface area contributed by atoms with Crippen molar-refractivity contribution in [2.75, 3.05) is 5.32 Å². The van der Waals surface area contributed by atoms with Crippen LogP contribution in [0.4, 0.5) is 5.69 Å². The number of rotatable bonds is 6. The van der Waals surface area contributed by atoms with Gasteiger partial charge in [-0.05, 0) is 48.7 Å². The van der Waals surface area contributed by atoms with Crippen molar-refractivity contribution in [3.05, 3.63) is 65.2 Å². The Kier molecular flexibility index (Phi) is 6.42. The van der Waals surface area contributed by atoms with E-state index < -0.39 is 5.97 Å². The summed E-state index contributed by atoms with van der Waals surface area (Å²) in [7, 11) is 0. The zero-order chi connectivity index (χ0) is 19.9. The van der Waals surface area contributed by atoms with Crippen LogP contribution < -0.4 is 10.6 Å². The van der Waals surface area contributed by atoms with Gasteiger partial charge in [0.1, 0.15) is 0 Å². The normalized spacial score (nSPS) is 14.3. The molecule has 6 nitrogen and oxygen atoms in total. The maximum atomic E-state index is 12.4. The Bertz CT molecular complexity index is 872.